The fraction of sp³-hybridized carbons (Fsp3) is 0.435. The lowest BCUT2D eigenvalue weighted by Gasteiger charge is -2.55. The van der Waals surface area contributed by atoms with E-state index in [1.54, 1.807) is 12.1 Å². The van der Waals surface area contributed by atoms with Crippen LogP contribution in [0.1, 0.15) is 56.1 Å². The molecule has 0 bridgehead atoms. The second kappa shape index (κ2) is 7.26. The summed E-state index contributed by atoms with van der Waals surface area (Å²) in [5.74, 6) is -0.0956. The van der Waals surface area contributed by atoms with Crippen molar-refractivity contribution < 1.29 is 13.2 Å². The molecule has 1 aliphatic rings. The first kappa shape index (κ1) is 21.5. The minimum absolute atomic E-state index is 0.00477. The lowest BCUT2D eigenvalue weighted by atomic mass is 9.55. The van der Waals surface area contributed by atoms with Crippen molar-refractivity contribution in [3.63, 3.8) is 0 Å². The molecule has 2 aromatic carbocycles. The maximum Gasteiger partial charge on any atom is 0.254 e. The smallest absolute Gasteiger partial charge is 0.254 e. The molecule has 0 aliphatic heterocycles. The lowest BCUT2D eigenvalue weighted by Crippen LogP contribution is -2.58. The van der Waals surface area contributed by atoms with Crippen molar-refractivity contribution in [3.05, 3.63) is 65.2 Å². The van der Waals surface area contributed by atoms with Gasteiger partial charge >= 0.3 is 0 Å². The van der Waals surface area contributed by atoms with E-state index in [0.717, 1.165) is 6.42 Å². The van der Waals surface area contributed by atoms with Gasteiger partial charge in [-0.2, -0.15) is 0 Å². The zero-order valence-electron chi connectivity index (χ0n) is 17.8. The molecule has 6 heteroatoms. The topological polar surface area (TPSA) is 80.5 Å². The average molecular weight is 415 g/mol. The number of amides is 1. The van der Waals surface area contributed by atoms with Gasteiger partial charge in [0.2, 0.25) is 10.0 Å². The molecule has 3 rings (SSSR count). The van der Waals surface area contributed by atoms with E-state index in [4.69, 9.17) is 5.14 Å². The summed E-state index contributed by atoms with van der Waals surface area (Å²) in [6.07, 6.45) is 0.793. The van der Waals surface area contributed by atoms with Crippen LogP contribution in [-0.4, -0.2) is 31.8 Å². The Balaban J connectivity index is 2.00. The first-order chi connectivity index (χ1) is 13.4. The molecule has 0 saturated heterocycles. The van der Waals surface area contributed by atoms with Crippen LogP contribution >= 0.6 is 0 Å². The highest BCUT2D eigenvalue weighted by Crippen LogP contribution is 2.51. The third-order valence-corrected chi connectivity index (χ3v) is 7.88. The molecule has 2 aromatic rings. The van der Waals surface area contributed by atoms with Crippen molar-refractivity contribution in [1.82, 2.24) is 4.90 Å². The predicted molar refractivity (Wildman–Crippen MR) is 115 cm³/mol. The van der Waals surface area contributed by atoms with Crippen LogP contribution in [0.2, 0.25) is 0 Å². The van der Waals surface area contributed by atoms with E-state index in [0.29, 0.717) is 12.1 Å². The Morgan fingerprint density at radius 1 is 1.07 bits per heavy atom. The fourth-order valence-corrected chi connectivity index (χ4v) is 5.01. The van der Waals surface area contributed by atoms with Gasteiger partial charge < -0.3 is 4.90 Å². The normalized spacial score (nSPS) is 20.0. The van der Waals surface area contributed by atoms with Crippen molar-refractivity contribution in [2.24, 2.45) is 10.6 Å². The van der Waals surface area contributed by atoms with Crippen molar-refractivity contribution in [2.45, 2.75) is 57.4 Å². The Labute approximate surface area is 174 Å². The number of fused-ring (bicyclic) bond motifs is 1. The van der Waals surface area contributed by atoms with Gasteiger partial charge in [-0.3, -0.25) is 4.79 Å². The first-order valence-electron chi connectivity index (χ1n) is 9.93. The number of rotatable bonds is 4. The molecular formula is C23H30N2O3S. The molecule has 29 heavy (non-hydrogen) atoms. The number of benzene rings is 2. The Bertz CT molecular complexity index is 1020. The fourth-order valence-electron chi connectivity index (χ4n) is 4.49. The summed E-state index contributed by atoms with van der Waals surface area (Å²) in [5, 5.41) is 5.17. The summed E-state index contributed by atoms with van der Waals surface area (Å²) >= 11 is 0. The van der Waals surface area contributed by atoms with Crippen LogP contribution in [0.4, 0.5) is 0 Å². The van der Waals surface area contributed by atoms with E-state index in [-0.39, 0.29) is 27.7 Å². The molecular weight excluding hydrogens is 384 g/mol. The molecule has 0 heterocycles. The van der Waals surface area contributed by atoms with Gasteiger partial charge in [0.15, 0.2) is 0 Å². The second-order valence-electron chi connectivity index (χ2n) is 8.88. The van der Waals surface area contributed by atoms with Crippen LogP contribution in [0.3, 0.4) is 0 Å². The number of carbonyl (C=O) groups is 1. The van der Waals surface area contributed by atoms with Crippen LogP contribution in [0.15, 0.2) is 53.4 Å². The molecule has 0 radical (unpaired) electrons. The molecule has 0 spiro atoms. The number of hydrogen-bond donors (Lipinski definition) is 1. The highest BCUT2D eigenvalue weighted by molar-refractivity contribution is 7.89. The van der Waals surface area contributed by atoms with E-state index in [1.165, 1.54) is 23.3 Å². The monoisotopic (exact) mass is 414 g/mol. The Morgan fingerprint density at radius 2 is 1.66 bits per heavy atom. The number of sulfonamides is 1. The molecule has 5 nitrogen and oxygen atoms in total. The molecule has 1 amide bonds. The molecule has 0 fully saturated rings. The molecule has 2 N–H and O–H groups in total. The van der Waals surface area contributed by atoms with Gasteiger partial charge in [0.25, 0.3) is 5.91 Å². The SMILES string of the molecule is CCN(C(=O)c1ccc(S(N)(=O)=O)cc1)[C@@H]1Cc2ccccc2C(C)(C)C1(C)C. The summed E-state index contributed by atoms with van der Waals surface area (Å²) in [5.41, 5.74) is 2.80. The largest absolute Gasteiger partial charge is 0.335 e. The van der Waals surface area contributed by atoms with Gasteiger partial charge in [-0.1, -0.05) is 52.0 Å². The van der Waals surface area contributed by atoms with E-state index < -0.39 is 10.0 Å². The van der Waals surface area contributed by atoms with Gasteiger partial charge in [-0.15, -0.1) is 0 Å². The number of nitrogens with zero attached hydrogens (tertiary/aromatic N) is 1. The maximum absolute atomic E-state index is 13.4. The van der Waals surface area contributed by atoms with Crippen molar-refractivity contribution in [3.8, 4) is 0 Å². The number of nitrogens with two attached hydrogens (primary N) is 1. The third kappa shape index (κ3) is 3.60. The van der Waals surface area contributed by atoms with E-state index in [2.05, 4.69) is 45.9 Å². The highest BCUT2D eigenvalue weighted by Gasteiger charge is 2.51. The Kier molecular flexibility index (Phi) is 5.39. The van der Waals surface area contributed by atoms with Crippen LogP contribution in [-0.2, 0) is 21.9 Å². The Morgan fingerprint density at radius 3 is 2.21 bits per heavy atom. The molecule has 1 atom stereocenters. The summed E-state index contributed by atoms with van der Waals surface area (Å²) in [4.78, 5) is 15.3. The summed E-state index contributed by atoms with van der Waals surface area (Å²) in [6.45, 7) is 11.5. The standard InChI is InChI=1S/C23H30N2O3S/c1-6-25(21(26)16-11-13-18(14-12-16)29(24,27)28)20-15-17-9-7-8-10-19(17)22(2,3)23(20,4)5/h7-14,20H,6,15H2,1-5H3,(H2,24,27,28)/t20-/m1/s1. The second-order valence-corrected chi connectivity index (χ2v) is 10.4. The summed E-state index contributed by atoms with van der Waals surface area (Å²) in [6, 6.07) is 14.3. The van der Waals surface area contributed by atoms with Crippen LogP contribution in [0.25, 0.3) is 0 Å². The maximum atomic E-state index is 13.4. The van der Waals surface area contributed by atoms with Gasteiger partial charge in [0.1, 0.15) is 0 Å². The number of carbonyl (C=O) groups excluding carboxylic acids is 1. The average Bonchev–Trinajstić information content (AvgIpc) is 2.66. The number of hydrogen-bond acceptors (Lipinski definition) is 3. The third-order valence-electron chi connectivity index (χ3n) is 6.96. The summed E-state index contributed by atoms with van der Waals surface area (Å²) < 4.78 is 23.0. The minimum atomic E-state index is -3.78. The zero-order valence-corrected chi connectivity index (χ0v) is 18.6. The minimum Gasteiger partial charge on any atom is -0.335 e. The van der Waals surface area contributed by atoms with Gasteiger partial charge in [0.05, 0.1) is 4.90 Å². The van der Waals surface area contributed by atoms with Crippen LogP contribution in [0, 0.1) is 5.41 Å². The highest BCUT2D eigenvalue weighted by atomic mass is 32.2. The molecule has 0 saturated carbocycles. The molecule has 0 unspecified atom stereocenters. The number of primary sulfonamides is 1. The number of likely N-dealkylation sites (N-methyl/N-ethyl adjacent to an activating group) is 1. The van der Waals surface area contributed by atoms with Gasteiger partial charge in [0, 0.05) is 18.2 Å². The van der Waals surface area contributed by atoms with E-state index in [1.807, 2.05) is 17.9 Å². The predicted octanol–water partition coefficient (Wildman–Crippen LogP) is 3.72. The summed E-state index contributed by atoms with van der Waals surface area (Å²) in [7, 11) is -3.78. The van der Waals surface area contributed by atoms with Gasteiger partial charge in [-0.05, 0) is 59.6 Å². The van der Waals surface area contributed by atoms with Crippen molar-refractivity contribution in [2.75, 3.05) is 6.54 Å². The van der Waals surface area contributed by atoms with E-state index in [9.17, 15) is 13.2 Å². The Hall–Kier alpha value is -2.18. The van der Waals surface area contributed by atoms with Gasteiger partial charge in [-0.25, -0.2) is 13.6 Å². The van der Waals surface area contributed by atoms with E-state index >= 15 is 0 Å². The molecule has 0 aromatic heterocycles. The van der Waals surface area contributed by atoms with Crippen molar-refractivity contribution in [1.29, 1.82) is 0 Å². The molecule has 1 aliphatic carbocycles. The quantitative estimate of drug-likeness (QED) is 0.828. The first-order valence-corrected chi connectivity index (χ1v) is 11.5. The zero-order chi connectivity index (χ0) is 21.6. The lowest BCUT2D eigenvalue weighted by molar-refractivity contribution is 0.0215. The van der Waals surface area contributed by atoms with Crippen molar-refractivity contribution >= 4 is 15.9 Å². The van der Waals surface area contributed by atoms with Crippen LogP contribution < -0.4 is 5.14 Å². The molecule has 156 valence electrons. The van der Waals surface area contributed by atoms with Crippen LogP contribution in [0.5, 0.6) is 0 Å².